The highest BCUT2D eigenvalue weighted by Crippen LogP contribution is 2.58. The van der Waals surface area contributed by atoms with Gasteiger partial charge in [-0.25, -0.2) is 0 Å². The quantitative estimate of drug-likeness (QED) is 0.171. The highest BCUT2D eigenvalue weighted by atomic mass is 16.5. The number of benzene rings is 8. The van der Waals surface area contributed by atoms with Crippen molar-refractivity contribution in [1.82, 2.24) is 0 Å². The lowest BCUT2D eigenvalue weighted by Gasteiger charge is -2.35. The first-order valence-electron chi connectivity index (χ1n) is 19.2. The minimum Gasteiger partial charge on any atom is -0.484 e. The van der Waals surface area contributed by atoms with Crippen molar-refractivity contribution in [2.45, 2.75) is 17.4 Å². The van der Waals surface area contributed by atoms with Crippen molar-refractivity contribution in [2.24, 2.45) is 0 Å². The molecule has 1 heterocycles. The maximum atomic E-state index is 7.02. The summed E-state index contributed by atoms with van der Waals surface area (Å²) in [6.45, 7) is 0. The zero-order chi connectivity index (χ0) is 36.3. The van der Waals surface area contributed by atoms with Gasteiger partial charge in [0.05, 0.1) is 11.1 Å². The second kappa shape index (κ2) is 12.6. The van der Waals surface area contributed by atoms with E-state index in [1.54, 1.807) is 0 Å². The minimum absolute atomic E-state index is 0.0921. The first kappa shape index (κ1) is 31.6. The van der Waals surface area contributed by atoms with Crippen LogP contribution in [-0.4, -0.2) is 6.10 Å². The SMILES string of the molecule is C1=CC2c3cc(N(c4ccccc4)c4ccc5c(c4)C(c4ccccc4)(c4ccccc4)c4ccccc4-5)c4ccccc4c3OC2C(c2ccccc2)=C1. The predicted molar refractivity (Wildman–Crippen MR) is 227 cm³/mol. The molecule has 2 atom stereocenters. The fourth-order valence-corrected chi connectivity index (χ4v) is 9.58. The van der Waals surface area contributed by atoms with E-state index in [9.17, 15) is 0 Å². The third kappa shape index (κ3) is 4.74. The number of hydrogen-bond acceptors (Lipinski definition) is 2. The summed E-state index contributed by atoms with van der Waals surface area (Å²) in [4.78, 5) is 2.46. The third-order valence-electron chi connectivity index (χ3n) is 11.9. The molecule has 2 heteroatoms. The molecule has 2 nitrogen and oxygen atoms in total. The topological polar surface area (TPSA) is 12.5 Å². The Hall–Kier alpha value is -6.90. The van der Waals surface area contributed by atoms with Crippen LogP contribution in [0.15, 0.2) is 212 Å². The summed E-state index contributed by atoms with van der Waals surface area (Å²) in [7, 11) is 0. The van der Waals surface area contributed by atoms with Gasteiger partial charge in [0.2, 0.25) is 0 Å². The maximum Gasteiger partial charge on any atom is 0.135 e. The molecule has 0 fully saturated rings. The monoisotopic (exact) mass is 703 g/mol. The van der Waals surface area contributed by atoms with Gasteiger partial charge in [-0.05, 0) is 69.3 Å². The van der Waals surface area contributed by atoms with Gasteiger partial charge >= 0.3 is 0 Å². The standard InChI is InChI=1S/C53H37NO/c1-5-18-36(19-6-1)41-29-17-30-46-47-35-50(44-27-13-14-28-45(44)52(47)55-51(41)46)54(39-24-11-4-12-25-39)40-32-33-43-42-26-15-16-31-48(42)53(49(43)34-40,37-20-7-2-8-21-37)38-22-9-3-10-23-38/h1-35,46,51H. The molecule has 0 saturated carbocycles. The van der Waals surface area contributed by atoms with Gasteiger partial charge in [0.1, 0.15) is 11.9 Å². The average Bonchev–Trinajstić information content (AvgIpc) is 3.79. The first-order chi connectivity index (χ1) is 27.3. The molecule has 260 valence electrons. The molecule has 0 aromatic heterocycles. The number of hydrogen-bond donors (Lipinski definition) is 0. The highest BCUT2D eigenvalue weighted by molar-refractivity contribution is 6.04. The third-order valence-corrected chi connectivity index (χ3v) is 11.9. The molecule has 0 N–H and O–H groups in total. The molecule has 0 saturated heterocycles. The molecule has 0 bridgehead atoms. The van der Waals surface area contributed by atoms with E-state index in [1.165, 1.54) is 50.1 Å². The van der Waals surface area contributed by atoms with E-state index in [4.69, 9.17) is 4.74 Å². The Morgan fingerprint density at radius 1 is 0.491 bits per heavy atom. The molecule has 1 aliphatic heterocycles. The van der Waals surface area contributed by atoms with E-state index >= 15 is 0 Å². The molecule has 55 heavy (non-hydrogen) atoms. The summed E-state index contributed by atoms with van der Waals surface area (Å²) >= 11 is 0. The van der Waals surface area contributed by atoms with Gasteiger partial charge in [-0.1, -0.05) is 182 Å². The van der Waals surface area contributed by atoms with Gasteiger partial charge in [0, 0.05) is 39.2 Å². The predicted octanol–water partition coefficient (Wildman–Crippen LogP) is 13.2. The zero-order valence-electron chi connectivity index (χ0n) is 30.2. The number of anilines is 3. The fourth-order valence-electron chi connectivity index (χ4n) is 9.58. The van der Waals surface area contributed by atoms with Crippen LogP contribution >= 0.6 is 0 Å². The number of fused-ring (bicyclic) bond motifs is 8. The number of para-hydroxylation sites is 1. The average molecular weight is 704 g/mol. The molecular weight excluding hydrogens is 667 g/mol. The van der Waals surface area contributed by atoms with Crippen molar-refractivity contribution in [1.29, 1.82) is 0 Å². The van der Waals surface area contributed by atoms with Crippen LogP contribution in [0.5, 0.6) is 5.75 Å². The van der Waals surface area contributed by atoms with Gasteiger partial charge in [-0.15, -0.1) is 0 Å². The molecule has 11 rings (SSSR count). The van der Waals surface area contributed by atoms with Gasteiger partial charge in [-0.2, -0.15) is 0 Å². The Morgan fingerprint density at radius 2 is 1.09 bits per heavy atom. The summed E-state index contributed by atoms with van der Waals surface area (Å²) in [5.41, 5.74) is 14.1. The smallest absolute Gasteiger partial charge is 0.135 e. The molecule has 0 amide bonds. The Balaban J connectivity index is 1.15. The number of nitrogens with zero attached hydrogens (tertiary/aromatic N) is 1. The fraction of sp³-hybridized carbons (Fsp3) is 0.0566. The van der Waals surface area contributed by atoms with Crippen LogP contribution in [-0.2, 0) is 5.41 Å². The Kier molecular flexibility index (Phi) is 7.25. The van der Waals surface area contributed by atoms with Crippen molar-refractivity contribution in [2.75, 3.05) is 4.90 Å². The summed E-state index contributed by atoms with van der Waals surface area (Å²) in [5.74, 6) is 1.07. The van der Waals surface area contributed by atoms with Crippen LogP contribution in [0, 0.1) is 0 Å². The van der Waals surface area contributed by atoms with E-state index in [-0.39, 0.29) is 12.0 Å². The van der Waals surface area contributed by atoms with Crippen LogP contribution in [0.2, 0.25) is 0 Å². The van der Waals surface area contributed by atoms with E-state index in [0.29, 0.717) is 0 Å². The van der Waals surface area contributed by atoms with Gasteiger partial charge in [0.25, 0.3) is 0 Å². The summed E-state index contributed by atoms with van der Waals surface area (Å²) in [6.07, 6.45) is 6.64. The first-order valence-corrected chi connectivity index (χ1v) is 19.2. The van der Waals surface area contributed by atoms with Crippen molar-refractivity contribution < 1.29 is 4.74 Å². The number of ether oxygens (including phenoxy) is 1. The minimum atomic E-state index is -0.499. The van der Waals surface area contributed by atoms with Crippen molar-refractivity contribution in [3.8, 4) is 16.9 Å². The Morgan fingerprint density at radius 3 is 1.82 bits per heavy atom. The molecule has 3 aliphatic rings. The molecule has 0 spiro atoms. The largest absolute Gasteiger partial charge is 0.484 e. The molecule has 8 aromatic carbocycles. The maximum absolute atomic E-state index is 7.02. The van der Waals surface area contributed by atoms with Gasteiger partial charge < -0.3 is 9.64 Å². The summed E-state index contributed by atoms with van der Waals surface area (Å²) in [6, 6.07) is 70.8. The second-order valence-corrected chi connectivity index (χ2v) is 14.7. The Labute approximate surface area is 321 Å². The normalized spacial score (nSPS) is 17.1. The molecule has 0 radical (unpaired) electrons. The Bertz CT molecular complexity index is 2750. The summed E-state index contributed by atoms with van der Waals surface area (Å²) in [5, 5.41) is 2.28. The van der Waals surface area contributed by atoms with Crippen LogP contribution in [0.3, 0.4) is 0 Å². The van der Waals surface area contributed by atoms with Crippen LogP contribution in [0.25, 0.3) is 27.5 Å². The lowest BCUT2D eigenvalue weighted by Crippen LogP contribution is -2.28. The van der Waals surface area contributed by atoms with Crippen LogP contribution in [0.4, 0.5) is 17.1 Å². The van der Waals surface area contributed by atoms with E-state index in [1.807, 2.05) is 0 Å². The van der Waals surface area contributed by atoms with E-state index in [0.717, 1.165) is 33.6 Å². The van der Waals surface area contributed by atoms with Crippen LogP contribution in [0.1, 0.15) is 39.3 Å². The highest BCUT2D eigenvalue weighted by Gasteiger charge is 2.46. The second-order valence-electron chi connectivity index (χ2n) is 14.7. The van der Waals surface area contributed by atoms with Gasteiger partial charge in [0.15, 0.2) is 0 Å². The van der Waals surface area contributed by atoms with Crippen LogP contribution < -0.4 is 9.64 Å². The molecule has 8 aromatic rings. The van der Waals surface area contributed by atoms with Crippen molar-refractivity contribution in [3.63, 3.8) is 0 Å². The van der Waals surface area contributed by atoms with E-state index in [2.05, 4.69) is 217 Å². The molecular formula is C53H37NO. The number of rotatable bonds is 6. The zero-order valence-corrected chi connectivity index (χ0v) is 30.2. The number of allylic oxidation sites excluding steroid dienone is 2. The van der Waals surface area contributed by atoms with Crippen molar-refractivity contribution in [3.05, 3.63) is 246 Å². The summed E-state index contributed by atoms with van der Waals surface area (Å²) < 4.78 is 7.02. The van der Waals surface area contributed by atoms with Crippen molar-refractivity contribution >= 4 is 33.4 Å². The molecule has 2 aliphatic carbocycles. The van der Waals surface area contributed by atoms with Gasteiger partial charge in [-0.3, -0.25) is 0 Å². The van der Waals surface area contributed by atoms with E-state index < -0.39 is 5.41 Å². The lowest BCUT2D eigenvalue weighted by atomic mass is 9.67. The molecule has 2 unspecified atom stereocenters. The lowest BCUT2D eigenvalue weighted by molar-refractivity contribution is 0.281.